The zero-order valence-corrected chi connectivity index (χ0v) is 11.5. The number of hydrogen-bond donors (Lipinski definition) is 1. The Morgan fingerprint density at radius 1 is 1.32 bits per heavy atom. The quantitative estimate of drug-likeness (QED) is 0.837. The number of benzene rings is 1. The number of imidazole rings is 1. The molecule has 0 bridgehead atoms. The van der Waals surface area contributed by atoms with E-state index in [-0.39, 0.29) is 0 Å². The second-order valence-corrected chi connectivity index (χ2v) is 4.29. The topological polar surface area (TPSA) is 62.3 Å². The first kappa shape index (κ1) is 13.4. The lowest BCUT2D eigenvalue weighted by molar-refractivity contribution is 0.187. The van der Waals surface area contributed by atoms with Crippen LogP contribution in [0.15, 0.2) is 24.4 Å². The molecule has 2 N–H and O–H groups in total. The van der Waals surface area contributed by atoms with Crippen LogP contribution in [-0.2, 0) is 11.3 Å². The van der Waals surface area contributed by atoms with E-state index >= 15 is 0 Å². The van der Waals surface area contributed by atoms with Gasteiger partial charge in [0.15, 0.2) is 0 Å². The van der Waals surface area contributed by atoms with Crippen LogP contribution in [-0.4, -0.2) is 30.4 Å². The summed E-state index contributed by atoms with van der Waals surface area (Å²) in [6, 6.07) is 5.74. The molecular weight excluding hydrogens is 242 g/mol. The molecule has 19 heavy (non-hydrogen) atoms. The van der Waals surface area contributed by atoms with Gasteiger partial charge in [-0.2, -0.15) is 0 Å². The average molecular weight is 261 g/mol. The second-order valence-electron chi connectivity index (χ2n) is 4.29. The Labute approximate surface area is 113 Å². The number of nitrogens with two attached hydrogens (primary N) is 1. The van der Waals surface area contributed by atoms with Gasteiger partial charge in [0.2, 0.25) is 0 Å². The maximum absolute atomic E-state index is 5.83. The molecule has 5 nitrogen and oxygen atoms in total. The second kappa shape index (κ2) is 5.75. The van der Waals surface area contributed by atoms with Crippen molar-refractivity contribution in [3.8, 4) is 17.0 Å². The third-order valence-corrected chi connectivity index (χ3v) is 3.10. The van der Waals surface area contributed by atoms with Crippen LogP contribution < -0.4 is 10.5 Å². The molecule has 0 aliphatic heterocycles. The minimum atomic E-state index is 0.630. The van der Waals surface area contributed by atoms with Crippen molar-refractivity contribution in [1.29, 1.82) is 0 Å². The minimum Gasteiger partial charge on any atom is -0.495 e. The summed E-state index contributed by atoms with van der Waals surface area (Å²) in [6.07, 6.45) is 1.86. The van der Waals surface area contributed by atoms with E-state index in [1.54, 1.807) is 14.2 Å². The maximum Gasteiger partial charge on any atom is 0.142 e. The van der Waals surface area contributed by atoms with E-state index in [4.69, 9.17) is 15.2 Å². The Bertz CT molecular complexity index is 564. The van der Waals surface area contributed by atoms with Crippen LogP contribution in [0.2, 0.25) is 0 Å². The lowest BCUT2D eigenvalue weighted by Crippen LogP contribution is -2.07. The zero-order valence-electron chi connectivity index (χ0n) is 11.5. The Balaban J connectivity index is 2.41. The van der Waals surface area contributed by atoms with Crippen LogP contribution in [0.4, 0.5) is 5.69 Å². The molecule has 1 aromatic heterocycles. The number of anilines is 1. The van der Waals surface area contributed by atoms with Gasteiger partial charge in [-0.25, -0.2) is 4.98 Å². The van der Waals surface area contributed by atoms with E-state index in [0.29, 0.717) is 18.0 Å². The monoisotopic (exact) mass is 261 g/mol. The third kappa shape index (κ3) is 2.71. The summed E-state index contributed by atoms with van der Waals surface area (Å²) in [4.78, 5) is 4.36. The lowest BCUT2D eigenvalue weighted by atomic mass is 10.1. The molecule has 0 fully saturated rings. The van der Waals surface area contributed by atoms with E-state index in [1.807, 2.05) is 31.3 Å². The Hall–Kier alpha value is -2.01. The van der Waals surface area contributed by atoms with Crippen molar-refractivity contribution in [2.75, 3.05) is 26.6 Å². The molecule has 2 rings (SSSR count). The largest absolute Gasteiger partial charge is 0.495 e. The summed E-state index contributed by atoms with van der Waals surface area (Å²) in [5.74, 6) is 1.64. The summed E-state index contributed by atoms with van der Waals surface area (Å²) in [5.41, 5.74) is 8.53. The van der Waals surface area contributed by atoms with Gasteiger partial charge in [0.05, 0.1) is 31.3 Å². The predicted octanol–water partition coefficient (Wildman–Crippen LogP) is 2.10. The van der Waals surface area contributed by atoms with Gasteiger partial charge in [-0.05, 0) is 19.1 Å². The standard InChI is InChI=1S/C14H19N3O2/c1-10-16-9-13(17(10)6-7-18-2)11-4-5-12(15)14(8-11)19-3/h4-5,8-9H,6-7,15H2,1-3H3. The van der Waals surface area contributed by atoms with Gasteiger partial charge < -0.3 is 19.8 Å². The van der Waals surface area contributed by atoms with Crippen molar-refractivity contribution in [1.82, 2.24) is 9.55 Å². The maximum atomic E-state index is 5.83. The van der Waals surface area contributed by atoms with Gasteiger partial charge in [-0.3, -0.25) is 0 Å². The van der Waals surface area contributed by atoms with Crippen LogP contribution in [0.5, 0.6) is 5.75 Å². The highest BCUT2D eigenvalue weighted by atomic mass is 16.5. The summed E-state index contributed by atoms with van der Waals surface area (Å²) in [5, 5.41) is 0. The first-order valence-electron chi connectivity index (χ1n) is 6.12. The molecule has 0 amide bonds. The third-order valence-electron chi connectivity index (χ3n) is 3.10. The molecule has 0 spiro atoms. The van der Waals surface area contributed by atoms with Crippen molar-refractivity contribution in [3.63, 3.8) is 0 Å². The van der Waals surface area contributed by atoms with Gasteiger partial charge in [0.25, 0.3) is 0 Å². The molecule has 0 saturated heterocycles. The molecule has 1 heterocycles. The van der Waals surface area contributed by atoms with Crippen molar-refractivity contribution in [2.24, 2.45) is 0 Å². The highest BCUT2D eigenvalue weighted by Crippen LogP contribution is 2.29. The molecule has 2 aromatic rings. The number of aryl methyl sites for hydroxylation is 1. The summed E-state index contributed by atoms with van der Waals surface area (Å²) >= 11 is 0. The fourth-order valence-corrected chi connectivity index (χ4v) is 2.03. The summed E-state index contributed by atoms with van der Waals surface area (Å²) in [7, 11) is 3.31. The smallest absolute Gasteiger partial charge is 0.142 e. The average Bonchev–Trinajstić information content (AvgIpc) is 2.78. The minimum absolute atomic E-state index is 0.630. The molecule has 0 atom stereocenters. The van der Waals surface area contributed by atoms with Crippen LogP contribution >= 0.6 is 0 Å². The molecule has 0 aliphatic rings. The van der Waals surface area contributed by atoms with E-state index < -0.39 is 0 Å². The molecule has 0 saturated carbocycles. The number of rotatable bonds is 5. The molecule has 5 heteroatoms. The fourth-order valence-electron chi connectivity index (χ4n) is 2.03. The SMILES string of the molecule is COCCn1c(-c2ccc(N)c(OC)c2)cnc1C. The van der Waals surface area contributed by atoms with Crippen LogP contribution in [0.1, 0.15) is 5.82 Å². The van der Waals surface area contributed by atoms with Crippen molar-refractivity contribution >= 4 is 5.69 Å². The number of hydrogen-bond acceptors (Lipinski definition) is 4. The predicted molar refractivity (Wildman–Crippen MR) is 75.2 cm³/mol. The van der Waals surface area contributed by atoms with Crippen molar-refractivity contribution in [2.45, 2.75) is 13.5 Å². The Morgan fingerprint density at radius 3 is 2.79 bits per heavy atom. The van der Waals surface area contributed by atoms with Gasteiger partial charge in [0.1, 0.15) is 11.6 Å². The fraction of sp³-hybridized carbons (Fsp3) is 0.357. The molecule has 0 radical (unpaired) electrons. The first-order chi connectivity index (χ1) is 9.17. The van der Waals surface area contributed by atoms with Crippen LogP contribution in [0, 0.1) is 6.92 Å². The normalized spacial score (nSPS) is 10.7. The van der Waals surface area contributed by atoms with Crippen molar-refractivity contribution < 1.29 is 9.47 Å². The van der Waals surface area contributed by atoms with Crippen LogP contribution in [0.3, 0.4) is 0 Å². The van der Waals surface area contributed by atoms with Gasteiger partial charge in [-0.15, -0.1) is 0 Å². The van der Waals surface area contributed by atoms with E-state index in [2.05, 4.69) is 9.55 Å². The van der Waals surface area contributed by atoms with Crippen LogP contribution in [0.25, 0.3) is 11.3 Å². The highest BCUT2D eigenvalue weighted by Gasteiger charge is 2.10. The number of nitrogen functional groups attached to an aromatic ring is 1. The number of aromatic nitrogens is 2. The van der Waals surface area contributed by atoms with E-state index in [1.165, 1.54) is 0 Å². The number of methoxy groups -OCH3 is 2. The van der Waals surface area contributed by atoms with Crippen molar-refractivity contribution in [3.05, 3.63) is 30.2 Å². The molecule has 0 unspecified atom stereocenters. The van der Waals surface area contributed by atoms with Gasteiger partial charge >= 0.3 is 0 Å². The first-order valence-corrected chi connectivity index (χ1v) is 6.12. The lowest BCUT2D eigenvalue weighted by Gasteiger charge is -2.11. The molecule has 0 aliphatic carbocycles. The van der Waals surface area contributed by atoms with Gasteiger partial charge in [0, 0.05) is 19.2 Å². The molecular formula is C14H19N3O2. The van der Waals surface area contributed by atoms with E-state index in [0.717, 1.165) is 23.6 Å². The van der Waals surface area contributed by atoms with E-state index in [9.17, 15) is 0 Å². The zero-order chi connectivity index (χ0) is 13.8. The summed E-state index contributed by atoms with van der Waals surface area (Å²) < 4.78 is 12.5. The van der Waals surface area contributed by atoms with Gasteiger partial charge in [-0.1, -0.05) is 6.07 Å². The molecule has 1 aromatic carbocycles. The molecule has 102 valence electrons. The number of nitrogens with zero attached hydrogens (tertiary/aromatic N) is 2. The Kier molecular flexibility index (Phi) is 4.06. The Morgan fingerprint density at radius 2 is 2.11 bits per heavy atom. The highest BCUT2D eigenvalue weighted by molar-refractivity contribution is 5.67. The number of ether oxygens (including phenoxy) is 2. The summed E-state index contributed by atoms with van der Waals surface area (Å²) in [6.45, 7) is 3.40.